The van der Waals surface area contributed by atoms with Crippen LogP contribution in [-0.2, 0) is 0 Å². The number of hydrogen-bond acceptors (Lipinski definition) is 1. The molecule has 1 rings (SSSR count). The van der Waals surface area contributed by atoms with Crippen molar-refractivity contribution in [2.24, 2.45) is 0 Å². The molecule has 0 aliphatic carbocycles. The van der Waals surface area contributed by atoms with E-state index in [1.807, 2.05) is 0 Å². The van der Waals surface area contributed by atoms with E-state index in [1.54, 1.807) is 0 Å². The molecule has 0 saturated heterocycles. The van der Waals surface area contributed by atoms with E-state index < -0.39 is 0 Å². The van der Waals surface area contributed by atoms with Crippen LogP contribution in [0.15, 0.2) is 12.3 Å². The zero-order valence-corrected chi connectivity index (χ0v) is 7.43. The van der Waals surface area contributed by atoms with Gasteiger partial charge >= 0.3 is 0 Å². The van der Waals surface area contributed by atoms with Crippen LogP contribution in [0.25, 0.3) is 0 Å². The maximum atomic E-state index is 2.21. The summed E-state index contributed by atoms with van der Waals surface area (Å²) >= 11 is 0. The van der Waals surface area contributed by atoms with E-state index in [4.69, 9.17) is 0 Å². The van der Waals surface area contributed by atoms with Gasteiger partial charge in [0.25, 0.3) is 0 Å². The van der Waals surface area contributed by atoms with E-state index in [9.17, 15) is 0 Å². The Hall–Kier alpha value is -0.460. The molecule has 0 fully saturated rings. The molecule has 0 bridgehead atoms. The monoisotopic (exact) mass is 141 g/mol. The van der Waals surface area contributed by atoms with Crippen LogP contribution in [0.3, 0.4) is 0 Å². The lowest BCUT2D eigenvalue weighted by Gasteiger charge is -2.16. The topological polar surface area (TPSA) is 3.24 Å². The van der Waals surface area contributed by atoms with Crippen LogP contribution in [-0.4, -0.2) is 18.5 Å². The van der Waals surface area contributed by atoms with Crippen molar-refractivity contribution in [3.63, 3.8) is 0 Å². The van der Waals surface area contributed by atoms with Crippen molar-refractivity contribution in [3.05, 3.63) is 12.3 Å². The predicted octanol–water partition coefficient (Wildman–Crippen LogP) is 2.64. The quantitative estimate of drug-likeness (QED) is 0.501. The molecule has 1 aliphatic rings. The molecule has 1 heteroatoms. The van der Waals surface area contributed by atoms with Crippen LogP contribution in [0.4, 0.5) is 0 Å². The van der Waals surface area contributed by atoms with E-state index in [0.717, 1.165) is 0 Å². The molecule has 0 saturated carbocycles. The summed E-state index contributed by atoms with van der Waals surface area (Å²) in [5.41, 5.74) is 0. The first-order chi connectivity index (χ1) is 4.81. The van der Waals surface area contributed by atoms with E-state index in [0.29, 0.717) is 0 Å². The minimum absolute atomic E-state index is 1.23. The Kier molecular flexibility index (Phi) is 6.35. The van der Waals surface area contributed by atoms with Crippen LogP contribution in [0.1, 0.15) is 33.1 Å². The van der Waals surface area contributed by atoms with Crippen molar-refractivity contribution in [3.8, 4) is 0 Å². The SMILES string of the molecule is CCC.CN1C=CCCC1. The van der Waals surface area contributed by atoms with Crippen LogP contribution in [0, 0.1) is 0 Å². The minimum atomic E-state index is 1.23. The molecule has 1 nitrogen and oxygen atoms in total. The lowest BCUT2D eigenvalue weighted by atomic mass is 10.2. The first-order valence-electron chi connectivity index (χ1n) is 4.18. The van der Waals surface area contributed by atoms with Crippen molar-refractivity contribution >= 4 is 0 Å². The number of allylic oxidation sites excluding steroid dienone is 1. The van der Waals surface area contributed by atoms with E-state index in [1.165, 1.54) is 25.8 Å². The Balaban J connectivity index is 0.000000236. The third-order valence-corrected chi connectivity index (χ3v) is 1.24. The molecule has 0 radical (unpaired) electrons. The second-order valence-electron chi connectivity index (χ2n) is 2.71. The van der Waals surface area contributed by atoms with Crippen molar-refractivity contribution in [2.75, 3.05) is 13.6 Å². The van der Waals surface area contributed by atoms with Gasteiger partial charge < -0.3 is 4.90 Å². The Labute approximate surface area is 64.7 Å². The standard InChI is InChI=1S/C6H11N.C3H8/c1-7-5-3-2-4-6-7;1-3-2/h3,5H,2,4,6H2,1H3;3H2,1-2H3. The molecule has 1 heterocycles. The highest BCUT2D eigenvalue weighted by molar-refractivity contribution is 4.85. The lowest BCUT2D eigenvalue weighted by Crippen LogP contribution is -2.14. The van der Waals surface area contributed by atoms with Gasteiger partial charge in [-0.25, -0.2) is 0 Å². The maximum absolute atomic E-state index is 2.21. The molecule has 0 amide bonds. The van der Waals surface area contributed by atoms with Gasteiger partial charge in [-0.15, -0.1) is 0 Å². The normalized spacial score (nSPS) is 16.1. The Morgan fingerprint density at radius 2 is 2.00 bits per heavy atom. The average Bonchev–Trinajstić information content (AvgIpc) is 1.91. The minimum Gasteiger partial charge on any atom is -0.381 e. The summed E-state index contributed by atoms with van der Waals surface area (Å²) in [5.74, 6) is 0. The van der Waals surface area contributed by atoms with E-state index >= 15 is 0 Å². The molecule has 0 atom stereocenters. The maximum Gasteiger partial charge on any atom is 0.0172 e. The first-order valence-corrected chi connectivity index (χ1v) is 4.18. The number of rotatable bonds is 0. The largest absolute Gasteiger partial charge is 0.381 e. The van der Waals surface area contributed by atoms with Gasteiger partial charge in [-0.3, -0.25) is 0 Å². The fourth-order valence-electron chi connectivity index (χ4n) is 0.788. The predicted molar refractivity (Wildman–Crippen MR) is 47.0 cm³/mol. The van der Waals surface area contributed by atoms with Gasteiger partial charge in [0.2, 0.25) is 0 Å². The average molecular weight is 141 g/mol. The fraction of sp³-hybridized carbons (Fsp3) is 0.778. The summed E-state index contributed by atoms with van der Waals surface area (Å²) in [6.45, 7) is 5.48. The molecule has 0 aromatic rings. The second kappa shape index (κ2) is 6.66. The smallest absolute Gasteiger partial charge is 0.0172 e. The van der Waals surface area contributed by atoms with Crippen molar-refractivity contribution in [1.82, 2.24) is 4.90 Å². The zero-order valence-electron chi connectivity index (χ0n) is 7.43. The van der Waals surface area contributed by atoms with Gasteiger partial charge in [-0.05, 0) is 19.0 Å². The molecule has 60 valence electrons. The highest BCUT2D eigenvalue weighted by atomic mass is 15.1. The van der Waals surface area contributed by atoms with Gasteiger partial charge in [0.1, 0.15) is 0 Å². The molecule has 0 aromatic heterocycles. The van der Waals surface area contributed by atoms with Gasteiger partial charge in [-0.1, -0.05) is 26.3 Å². The summed E-state index contributed by atoms with van der Waals surface area (Å²) in [4.78, 5) is 2.21. The van der Waals surface area contributed by atoms with Crippen molar-refractivity contribution in [2.45, 2.75) is 33.1 Å². The molecular weight excluding hydrogens is 122 g/mol. The molecular formula is C9H19N. The summed E-state index contributed by atoms with van der Waals surface area (Å²) < 4.78 is 0. The number of hydrogen-bond donors (Lipinski definition) is 0. The lowest BCUT2D eigenvalue weighted by molar-refractivity contribution is 0.426. The molecule has 0 N–H and O–H groups in total. The Morgan fingerprint density at radius 1 is 1.40 bits per heavy atom. The van der Waals surface area contributed by atoms with Crippen LogP contribution < -0.4 is 0 Å². The van der Waals surface area contributed by atoms with Gasteiger partial charge in [-0.2, -0.15) is 0 Å². The number of nitrogens with zero attached hydrogens (tertiary/aromatic N) is 1. The van der Waals surface area contributed by atoms with Crippen molar-refractivity contribution < 1.29 is 0 Å². The first kappa shape index (κ1) is 9.54. The van der Waals surface area contributed by atoms with Crippen LogP contribution in [0.2, 0.25) is 0 Å². The summed E-state index contributed by atoms with van der Waals surface area (Å²) in [5, 5.41) is 0. The summed E-state index contributed by atoms with van der Waals surface area (Å²) in [7, 11) is 2.11. The molecule has 10 heavy (non-hydrogen) atoms. The fourth-order valence-corrected chi connectivity index (χ4v) is 0.788. The Bertz CT molecular complexity index is 86.7. The van der Waals surface area contributed by atoms with Gasteiger partial charge in [0.05, 0.1) is 0 Å². The molecule has 0 unspecified atom stereocenters. The zero-order chi connectivity index (χ0) is 7.82. The molecule has 0 aromatic carbocycles. The summed E-state index contributed by atoms with van der Waals surface area (Å²) in [6, 6.07) is 0. The second-order valence-corrected chi connectivity index (χ2v) is 2.71. The van der Waals surface area contributed by atoms with E-state index in [-0.39, 0.29) is 0 Å². The van der Waals surface area contributed by atoms with Crippen molar-refractivity contribution in [1.29, 1.82) is 0 Å². The third-order valence-electron chi connectivity index (χ3n) is 1.24. The summed E-state index contributed by atoms with van der Waals surface area (Å²) in [6.07, 6.45) is 8.20. The van der Waals surface area contributed by atoms with E-state index in [2.05, 4.69) is 38.1 Å². The third kappa shape index (κ3) is 5.67. The highest BCUT2D eigenvalue weighted by Gasteiger charge is 1.93. The molecule has 0 spiro atoms. The van der Waals surface area contributed by atoms with Gasteiger partial charge in [0, 0.05) is 13.6 Å². The van der Waals surface area contributed by atoms with Crippen LogP contribution in [0.5, 0.6) is 0 Å². The Morgan fingerprint density at radius 3 is 2.20 bits per heavy atom. The van der Waals surface area contributed by atoms with Gasteiger partial charge in [0.15, 0.2) is 0 Å². The molecule has 1 aliphatic heterocycles. The highest BCUT2D eigenvalue weighted by Crippen LogP contribution is 2.00. The van der Waals surface area contributed by atoms with Crippen LogP contribution >= 0.6 is 0 Å².